The average Bonchev–Trinajstić information content (AvgIpc) is 2.30. The van der Waals surface area contributed by atoms with E-state index in [0.29, 0.717) is 5.69 Å². The fourth-order valence-corrected chi connectivity index (χ4v) is 1.96. The van der Waals surface area contributed by atoms with Crippen molar-refractivity contribution in [2.24, 2.45) is 0 Å². The molecule has 4 heteroatoms. The van der Waals surface area contributed by atoms with Crippen molar-refractivity contribution in [2.45, 2.75) is 19.8 Å². The van der Waals surface area contributed by atoms with E-state index < -0.39 is 5.97 Å². The molecular weight excluding hydrogens is 174 g/mol. The molecular formula is C8H10NO2S-. The highest BCUT2D eigenvalue weighted by Gasteiger charge is 2.11. The Hall–Kier alpha value is -1.03. The van der Waals surface area contributed by atoms with Gasteiger partial charge in [0, 0.05) is 15.8 Å². The van der Waals surface area contributed by atoms with Crippen LogP contribution < -0.4 is 10.8 Å². The molecule has 0 radical (unpaired) electrons. The van der Waals surface area contributed by atoms with Crippen molar-refractivity contribution >= 4 is 23.0 Å². The van der Waals surface area contributed by atoms with Crippen LogP contribution in [0.25, 0.3) is 0 Å². The van der Waals surface area contributed by atoms with Crippen LogP contribution in [0.2, 0.25) is 0 Å². The number of carbonyl (C=O) groups is 1. The van der Waals surface area contributed by atoms with E-state index in [2.05, 4.69) is 0 Å². The molecule has 0 aliphatic rings. The van der Waals surface area contributed by atoms with Gasteiger partial charge >= 0.3 is 0 Å². The molecule has 2 N–H and O–H groups in total. The van der Waals surface area contributed by atoms with Crippen molar-refractivity contribution in [1.82, 2.24) is 0 Å². The summed E-state index contributed by atoms with van der Waals surface area (Å²) in [5.41, 5.74) is 6.07. The number of nitrogens with two attached hydrogens (primary N) is 1. The van der Waals surface area contributed by atoms with E-state index in [1.807, 2.05) is 13.8 Å². The minimum absolute atomic E-state index is 0.115. The Balaban J connectivity index is 3.13. The Kier molecular flexibility index (Phi) is 2.38. The van der Waals surface area contributed by atoms with Gasteiger partial charge in [-0.3, -0.25) is 0 Å². The summed E-state index contributed by atoms with van der Waals surface area (Å²) in [5.74, 6) is -0.932. The second kappa shape index (κ2) is 3.15. The first-order valence-electron chi connectivity index (χ1n) is 3.62. The third-order valence-corrected chi connectivity index (χ3v) is 2.90. The van der Waals surface area contributed by atoms with Crippen molar-refractivity contribution in [3.8, 4) is 0 Å². The van der Waals surface area contributed by atoms with E-state index in [9.17, 15) is 9.90 Å². The summed E-state index contributed by atoms with van der Waals surface area (Å²) >= 11 is 1.37. The maximum absolute atomic E-state index is 10.5. The summed E-state index contributed by atoms with van der Waals surface area (Å²) in [6.07, 6.45) is 0. The number of hydrogen-bond acceptors (Lipinski definition) is 4. The molecule has 0 fully saturated rings. The highest BCUT2D eigenvalue weighted by molar-refractivity contribution is 7.11. The van der Waals surface area contributed by atoms with E-state index in [0.717, 1.165) is 4.88 Å². The normalized spacial score (nSPS) is 10.6. The Labute approximate surface area is 74.8 Å². The average molecular weight is 184 g/mol. The van der Waals surface area contributed by atoms with Crippen LogP contribution in [0.1, 0.15) is 35.0 Å². The lowest BCUT2D eigenvalue weighted by molar-refractivity contribution is -0.254. The first kappa shape index (κ1) is 9.06. The van der Waals surface area contributed by atoms with E-state index in [4.69, 9.17) is 5.73 Å². The predicted molar refractivity (Wildman–Crippen MR) is 47.2 cm³/mol. The summed E-state index contributed by atoms with van der Waals surface area (Å²) in [4.78, 5) is 11.4. The van der Waals surface area contributed by atoms with Crippen molar-refractivity contribution in [2.75, 3.05) is 5.73 Å². The molecule has 0 unspecified atom stereocenters. The molecule has 0 bridgehead atoms. The van der Waals surface area contributed by atoms with Crippen LogP contribution in [0.4, 0.5) is 5.69 Å². The number of thiophene rings is 1. The molecule has 0 saturated carbocycles. The molecule has 0 aliphatic heterocycles. The Bertz CT molecular complexity index is 304. The summed E-state index contributed by atoms with van der Waals surface area (Å²) in [5, 5.41) is 12.0. The van der Waals surface area contributed by atoms with Gasteiger partial charge in [-0.25, -0.2) is 0 Å². The third-order valence-electron chi connectivity index (χ3n) is 1.60. The van der Waals surface area contributed by atoms with Gasteiger partial charge in [-0.05, 0) is 5.92 Å². The third kappa shape index (κ3) is 1.43. The summed E-state index contributed by atoms with van der Waals surface area (Å²) in [7, 11) is 0. The predicted octanol–water partition coefficient (Wildman–Crippen LogP) is 0.817. The van der Waals surface area contributed by atoms with Crippen LogP contribution in [0.3, 0.4) is 0 Å². The Morgan fingerprint density at radius 1 is 1.67 bits per heavy atom. The monoisotopic (exact) mass is 184 g/mol. The first-order valence-corrected chi connectivity index (χ1v) is 4.50. The minimum Gasteiger partial charge on any atom is -0.545 e. The van der Waals surface area contributed by atoms with Crippen molar-refractivity contribution < 1.29 is 9.90 Å². The maximum atomic E-state index is 10.5. The molecule has 0 amide bonds. The topological polar surface area (TPSA) is 66.1 Å². The number of hydrogen-bond donors (Lipinski definition) is 1. The van der Waals surface area contributed by atoms with Crippen LogP contribution in [-0.4, -0.2) is 5.97 Å². The summed E-state index contributed by atoms with van der Waals surface area (Å²) in [6.45, 7) is 3.95. The maximum Gasteiger partial charge on any atom is 0.0744 e. The largest absolute Gasteiger partial charge is 0.545 e. The zero-order valence-corrected chi connectivity index (χ0v) is 7.77. The molecule has 0 saturated heterocycles. The number of anilines is 1. The smallest absolute Gasteiger partial charge is 0.0744 e. The van der Waals surface area contributed by atoms with Crippen LogP contribution >= 0.6 is 11.3 Å². The van der Waals surface area contributed by atoms with Gasteiger partial charge in [-0.2, -0.15) is 0 Å². The highest BCUT2D eigenvalue weighted by Crippen LogP contribution is 2.31. The van der Waals surface area contributed by atoms with Gasteiger partial charge in [-0.15, -0.1) is 11.3 Å². The molecule has 0 atom stereocenters. The van der Waals surface area contributed by atoms with Gasteiger partial charge in [0.15, 0.2) is 0 Å². The number of rotatable bonds is 2. The molecule has 0 aliphatic carbocycles. The fraction of sp³-hybridized carbons (Fsp3) is 0.375. The standard InChI is InChI=1S/C8H11NO2S/c1-4(2)7-6(9)5(3-12-7)8(10)11/h3-4H,9H2,1-2H3,(H,10,11)/p-1. The lowest BCUT2D eigenvalue weighted by Gasteiger charge is -2.04. The summed E-state index contributed by atoms with van der Waals surface area (Å²) in [6, 6.07) is 0. The quantitative estimate of drug-likeness (QED) is 0.739. The number of carboxylic acid groups (broad SMARTS) is 1. The highest BCUT2D eigenvalue weighted by atomic mass is 32.1. The minimum atomic E-state index is -1.20. The van der Waals surface area contributed by atoms with Gasteiger partial charge in [-0.1, -0.05) is 13.8 Å². The van der Waals surface area contributed by atoms with Crippen molar-refractivity contribution in [3.63, 3.8) is 0 Å². The molecule has 0 spiro atoms. The van der Waals surface area contributed by atoms with Crippen LogP contribution in [0.5, 0.6) is 0 Å². The Morgan fingerprint density at radius 2 is 2.25 bits per heavy atom. The first-order chi connectivity index (χ1) is 5.54. The molecule has 66 valence electrons. The lowest BCUT2D eigenvalue weighted by Crippen LogP contribution is -2.22. The molecule has 0 aromatic carbocycles. The van der Waals surface area contributed by atoms with E-state index in [1.54, 1.807) is 0 Å². The SMILES string of the molecule is CC(C)c1scc(C(=O)[O-])c1N. The van der Waals surface area contributed by atoms with Crippen LogP contribution in [0.15, 0.2) is 5.38 Å². The van der Waals surface area contributed by atoms with E-state index >= 15 is 0 Å². The van der Waals surface area contributed by atoms with Gasteiger partial charge in [0.1, 0.15) is 0 Å². The molecule has 1 rings (SSSR count). The second-order valence-corrected chi connectivity index (χ2v) is 3.78. The summed E-state index contributed by atoms with van der Waals surface area (Å²) < 4.78 is 0. The number of carbonyl (C=O) groups excluding carboxylic acids is 1. The van der Waals surface area contributed by atoms with Gasteiger partial charge in [0.2, 0.25) is 0 Å². The van der Waals surface area contributed by atoms with Crippen LogP contribution in [0, 0.1) is 0 Å². The van der Waals surface area contributed by atoms with Gasteiger partial charge in [0.05, 0.1) is 11.7 Å². The molecule has 1 aromatic rings. The molecule has 1 heterocycles. The number of carboxylic acids is 1. The zero-order chi connectivity index (χ0) is 9.30. The lowest BCUT2D eigenvalue weighted by atomic mass is 10.1. The van der Waals surface area contributed by atoms with E-state index in [1.165, 1.54) is 16.7 Å². The second-order valence-electron chi connectivity index (χ2n) is 2.87. The number of aromatic carboxylic acids is 1. The number of nitrogen functional groups attached to an aromatic ring is 1. The molecule has 1 aromatic heterocycles. The molecule has 3 nitrogen and oxygen atoms in total. The zero-order valence-electron chi connectivity index (χ0n) is 6.96. The fourth-order valence-electron chi connectivity index (χ4n) is 0.987. The van der Waals surface area contributed by atoms with Crippen molar-refractivity contribution in [3.05, 3.63) is 15.8 Å². The van der Waals surface area contributed by atoms with Crippen LogP contribution in [-0.2, 0) is 0 Å². The van der Waals surface area contributed by atoms with Crippen molar-refractivity contribution in [1.29, 1.82) is 0 Å². The van der Waals surface area contributed by atoms with Gasteiger partial charge in [0.25, 0.3) is 0 Å². The van der Waals surface area contributed by atoms with Gasteiger partial charge < -0.3 is 15.6 Å². The molecule has 12 heavy (non-hydrogen) atoms. The van der Waals surface area contributed by atoms with E-state index in [-0.39, 0.29) is 11.5 Å². The Morgan fingerprint density at radius 3 is 2.50 bits per heavy atom.